The van der Waals surface area contributed by atoms with Crippen LogP contribution in [0.5, 0.6) is 0 Å². The third-order valence-electron chi connectivity index (χ3n) is 4.86. The van der Waals surface area contributed by atoms with Crippen LogP contribution in [0, 0.1) is 10.1 Å². The topological polar surface area (TPSA) is 97.0 Å². The molecule has 0 aliphatic heterocycles. The van der Waals surface area contributed by atoms with Crippen molar-refractivity contribution in [2.45, 2.75) is 0 Å². The molecule has 7 heteroatoms. The van der Waals surface area contributed by atoms with Crippen molar-refractivity contribution in [1.82, 2.24) is 5.32 Å². The van der Waals surface area contributed by atoms with Gasteiger partial charge in [0.1, 0.15) is 5.84 Å². The number of aliphatic imine (C=N–C) groups is 2. The van der Waals surface area contributed by atoms with Gasteiger partial charge in [-0.25, -0.2) is 9.98 Å². The second-order valence-corrected chi connectivity index (χ2v) is 7.22. The summed E-state index contributed by atoms with van der Waals surface area (Å²) in [6.45, 7) is 0. The molecular weight excluding hydrogens is 428 g/mol. The van der Waals surface area contributed by atoms with E-state index in [1.165, 1.54) is 12.1 Å². The van der Waals surface area contributed by atoms with Crippen LogP contribution in [-0.2, 0) is 0 Å². The first kappa shape index (κ1) is 22.3. The van der Waals surface area contributed by atoms with Crippen LogP contribution in [0.15, 0.2) is 125 Å². The van der Waals surface area contributed by atoms with E-state index >= 15 is 0 Å². The van der Waals surface area contributed by atoms with E-state index in [0.29, 0.717) is 28.5 Å². The summed E-state index contributed by atoms with van der Waals surface area (Å²) in [4.78, 5) is 32.8. The van der Waals surface area contributed by atoms with Crippen LogP contribution in [0.2, 0.25) is 0 Å². The molecule has 4 aromatic rings. The zero-order chi connectivity index (χ0) is 23.8. The third kappa shape index (κ3) is 5.66. The van der Waals surface area contributed by atoms with Crippen molar-refractivity contribution in [3.05, 3.63) is 142 Å². The molecule has 0 aliphatic rings. The van der Waals surface area contributed by atoms with E-state index in [0.717, 1.165) is 5.56 Å². The quantitative estimate of drug-likeness (QED) is 0.188. The molecule has 1 amide bonds. The van der Waals surface area contributed by atoms with Gasteiger partial charge in [-0.05, 0) is 24.3 Å². The number of carbonyl (C=O) groups is 1. The number of nitrogens with zero attached hydrogens (tertiary/aromatic N) is 3. The number of amidine groups is 2. The molecule has 0 aromatic heterocycles. The molecule has 166 valence electrons. The van der Waals surface area contributed by atoms with Crippen molar-refractivity contribution >= 4 is 29.0 Å². The van der Waals surface area contributed by atoms with Gasteiger partial charge in [0.2, 0.25) is 0 Å². The van der Waals surface area contributed by atoms with E-state index in [4.69, 9.17) is 4.99 Å². The maximum absolute atomic E-state index is 12.9. The Hall–Kier alpha value is -4.91. The number of non-ortho nitro benzene ring substituents is 1. The Kier molecular flexibility index (Phi) is 6.95. The molecule has 0 spiro atoms. The van der Waals surface area contributed by atoms with E-state index in [1.807, 2.05) is 66.7 Å². The lowest BCUT2D eigenvalue weighted by atomic mass is 10.1. The summed E-state index contributed by atoms with van der Waals surface area (Å²) in [6, 6.07) is 33.4. The number of hydrogen-bond acceptors (Lipinski definition) is 4. The Morgan fingerprint density at radius 3 is 1.71 bits per heavy atom. The van der Waals surface area contributed by atoms with Crippen LogP contribution in [0.25, 0.3) is 0 Å². The molecule has 0 unspecified atom stereocenters. The second kappa shape index (κ2) is 10.6. The zero-order valence-corrected chi connectivity index (χ0v) is 18.0. The van der Waals surface area contributed by atoms with Crippen molar-refractivity contribution in [2.75, 3.05) is 0 Å². The SMILES string of the molecule is O=C(NC(=NC(=Nc1ccc([N+](=O)[O-])cc1)c1ccccc1)c1ccccc1)c1ccccc1. The molecule has 1 N–H and O–H groups in total. The fraction of sp³-hybridized carbons (Fsp3) is 0. The van der Waals surface area contributed by atoms with Crippen LogP contribution in [-0.4, -0.2) is 22.5 Å². The van der Waals surface area contributed by atoms with Crippen LogP contribution in [0.1, 0.15) is 21.5 Å². The number of carbonyl (C=O) groups excluding carboxylic acids is 1. The van der Waals surface area contributed by atoms with Gasteiger partial charge in [0.25, 0.3) is 11.6 Å². The number of benzene rings is 4. The molecule has 0 bridgehead atoms. The van der Waals surface area contributed by atoms with Gasteiger partial charge in [0.05, 0.1) is 10.6 Å². The average molecular weight is 448 g/mol. The van der Waals surface area contributed by atoms with Gasteiger partial charge in [0, 0.05) is 28.8 Å². The predicted octanol–water partition coefficient (Wildman–Crippen LogP) is 5.55. The molecule has 0 fully saturated rings. The number of nitrogens with one attached hydrogen (secondary N) is 1. The fourth-order valence-electron chi connectivity index (χ4n) is 3.15. The number of nitro benzene ring substituents is 1. The average Bonchev–Trinajstić information content (AvgIpc) is 2.89. The molecule has 0 aliphatic carbocycles. The molecule has 4 rings (SSSR count). The normalized spacial score (nSPS) is 11.6. The van der Waals surface area contributed by atoms with Crippen LogP contribution >= 0.6 is 0 Å². The zero-order valence-electron chi connectivity index (χ0n) is 18.0. The third-order valence-corrected chi connectivity index (χ3v) is 4.86. The summed E-state index contributed by atoms with van der Waals surface area (Å²) < 4.78 is 0. The van der Waals surface area contributed by atoms with Crippen molar-refractivity contribution in [2.24, 2.45) is 9.98 Å². The molecule has 7 nitrogen and oxygen atoms in total. The lowest BCUT2D eigenvalue weighted by molar-refractivity contribution is -0.384. The molecule has 0 heterocycles. The smallest absolute Gasteiger partial charge is 0.269 e. The van der Waals surface area contributed by atoms with Gasteiger partial charge in [-0.2, -0.15) is 0 Å². The lowest BCUT2D eigenvalue weighted by Gasteiger charge is -2.11. The minimum Gasteiger partial charge on any atom is -0.306 e. The van der Waals surface area contributed by atoms with Crippen LogP contribution in [0.4, 0.5) is 11.4 Å². The summed E-state index contributed by atoms with van der Waals surface area (Å²) in [6.07, 6.45) is 0. The fourth-order valence-corrected chi connectivity index (χ4v) is 3.15. The van der Waals surface area contributed by atoms with Crippen LogP contribution < -0.4 is 5.32 Å². The van der Waals surface area contributed by atoms with E-state index in [-0.39, 0.29) is 11.6 Å². The minimum atomic E-state index is -0.462. The first-order valence-electron chi connectivity index (χ1n) is 10.5. The summed E-state index contributed by atoms with van der Waals surface area (Å²) >= 11 is 0. The summed E-state index contributed by atoms with van der Waals surface area (Å²) in [5, 5.41) is 13.9. The van der Waals surface area contributed by atoms with E-state index < -0.39 is 4.92 Å². The molecule has 4 aromatic carbocycles. The molecule has 34 heavy (non-hydrogen) atoms. The molecular formula is C27H20N4O3. The Bertz CT molecular complexity index is 1340. The lowest BCUT2D eigenvalue weighted by Crippen LogP contribution is -2.32. The molecule has 0 saturated heterocycles. The second-order valence-electron chi connectivity index (χ2n) is 7.22. The summed E-state index contributed by atoms with van der Waals surface area (Å²) in [7, 11) is 0. The van der Waals surface area contributed by atoms with Crippen LogP contribution in [0.3, 0.4) is 0 Å². The first-order chi connectivity index (χ1) is 16.6. The maximum Gasteiger partial charge on any atom is 0.269 e. The standard InChI is InChI=1S/C27H20N4O3/c32-27(22-14-8-3-9-15-22)30-26(21-12-6-2-7-13-21)29-25(20-10-4-1-5-11-20)28-23-16-18-24(19-17-23)31(33)34/h1-19H,(H,28,29,30,32). The van der Waals surface area contributed by atoms with Gasteiger partial charge < -0.3 is 5.32 Å². The predicted molar refractivity (Wildman–Crippen MR) is 133 cm³/mol. The number of rotatable bonds is 5. The number of hydrogen-bond donors (Lipinski definition) is 1. The Morgan fingerprint density at radius 1 is 0.676 bits per heavy atom. The highest BCUT2D eigenvalue weighted by Crippen LogP contribution is 2.20. The maximum atomic E-state index is 12.9. The Balaban J connectivity index is 1.79. The van der Waals surface area contributed by atoms with Gasteiger partial charge in [-0.3, -0.25) is 14.9 Å². The first-order valence-corrected chi connectivity index (χ1v) is 10.5. The van der Waals surface area contributed by atoms with Gasteiger partial charge in [-0.15, -0.1) is 0 Å². The van der Waals surface area contributed by atoms with E-state index in [9.17, 15) is 14.9 Å². The highest BCUT2D eigenvalue weighted by molar-refractivity contribution is 6.18. The Labute approximate surface area is 196 Å². The summed E-state index contributed by atoms with van der Waals surface area (Å²) in [5.41, 5.74) is 2.40. The highest BCUT2D eigenvalue weighted by Gasteiger charge is 2.13. The molecule has 0 radical (unpaired) electrons. The van der Waals surface area contributed by atoms with Gasteiger partial charge in [-0.1, -0.05) is 78.9 Å². The van der Waals surface area contributed by atoms with E-state index in [1.54, 1.807) is 36.4 Å². The largest absolute Gasteiger partial charge is 0.306 e. The number of nitro groups is 1. The Morgan fingerprint density at radius 2 is 1.18 bits per heavy atom. The van der Waals surface area contributed by atoms with Gasteiger partial charge >= 0.3 is 0 Å². The van der Waals surface area contributed by atoms with Crippen molar-refractivity contribution < 1.29 is 9.72 Å². The monoisotopic (exact) mass is 448 g/mol. The minimum absolute atomic E-state index is 0.0242. The highest BCUT2D eigenvalue weighted by atomic mass is 16.6. The van der Waals surface area contributed by atoms with Crippen molar-refractivity contribution in [3.63, 3.8) is 0 Å². The van der Waals surface area contributed by atoms with Crippen molar-refractivity contribution in [1.29, 1.82) is 0 Å². The molecule has 0 atom stereocenters. The molecule has 0 saturated carbocycles. The number of amides is 1. The van der Waals surface area contributed by atoms with Gasteiger partial charge in [0.15, 0.2) is 5.84 Å². The van der Waals surface area contributed by atoms with Crippen molar-refractivity contribution in [3.8, 4) is 0 Å². The summed E-state index contributed by atoms with van der Waals surface area (Å²) in [5.74, 6) is 0.381. The van der Waals surface area contributed by atoms with E-state index in [2.05, 4.69) is 10.3 Å².